The normalized spacial score (nSPS) is 12.4. The number of hydrogen-bond acceptors (Lipinski definition) is 5. The zero-order chi connectivity index (χ0) is 13.7. The van der Waals surface area contributed by atoms with Crippen LogP contribution >= 0.6 is 0 Å². The van der Waals surface area contributed by atoms with E-state index in [1.54, 1.807) is 0 Å². The molecule has 0 aromatic carbocycles. The van der Waals surface area contributed by atoms with Crippen LogP contribution in [0.5, 0.6) is 0 Å². The smallest absolute Gasteiger partial charge is 0.320 e. The van der Waals surface area contributed by atoms with E-state index in [4.69, 9.17) is 10.8 Å². The number of carbonyl (C=O) groups excluding carboxylic acids is 1. The van der Waals surface area contributed by atoms with Gasteiger partial charge in [-0.15, -0.1) is 5.10 Å². The van der Waals surface area contributed by atoms with Crippen molar-refractivity contribution < 1.29 is 14.7 Å². The summed E-state index contributed by atoms with van der Waals surface area (Å²) in [5.41, 5.74) is 5.82. The maximum absolute atomic E-state index is 11.4. The number of hydrogen-bond donors (Lipinski definition) is 3. The quantitative estimate of drug-likeness (QED) is 0.584. The molecule has 0 aliphatic carbocycles. The Morgan fingerprint density at radius 3 is 2.78 bits per heavy atom. The van der Waals surface area contributed by atoms with E-state index in [1.165, 1.54) is 10.9 Å². The van der Waals surface area contributed by atoms with E-state index in [9.17, 15) is 9.59 Å². The van der Waals surface area contributed by atoms with Gasteiger partial charge < -0.3 is 16.2 Å². The van der Waals surface area contributed by atoms with Crippen molar-refractivity contribution in [3.63, 3.8) is 0 Å². The predicted octanol–water partition coefficient (Wildman–Crippen LogP) is -1.24. The van der Waals surface area contributed by atoms with Crippen LogP contribution in [0.4, 0.5) is 0 Å². The van der Waals surface area contributed by atoms with E-state index < -0.39 is 12.0 Å². The third-order valence-corrected chi connectivity index (χ3v) is 2.09. The lowest BCUT2D eigenvalue weighted by Gasteiger charge is -2.07. The summed E-state index contributed by atoms with van der Waals surface area (Å²) >= 11 is 0. The van der Waals surface area contributed by atoms with Gasteiger partial charge in [-0.05, 0) is 13.8 Å². The lowest BCUT2D eigenvalue weighted by atomic mass is 10.2. The number of nitrogens with one attached hydrogen (secondary N) is 1. The fraction of sp³-hybridized carbons (Fsp3) is 0.600. The molecule has 18 heavy (non-hydrogen) atoms. The Kier molecular flexibility index (Phi) is 4.78. The molecule has 1 unspecified atom stereocenters. The molecule has 1 atom stereocenters. The first-order valence-electron chi connectivity index (χ1n) is 5.55. The molecule has 0 spiro atoms. The Morgan fingerprint density at radius 1 is 1.56 bits per heavy atom. The van der Waals surface area contributed by atoms with Crippen LogP contribution in [-0.4, -0.2) is 44.1 Å². The monoisotopic (exact) mass is 255 g/mol. The van der Waals surface area contributed by atoms with E-state index in [2.05, 4.69) is 15.6 Å². The molecule has 0 saturated carbocycles. The number of carboxylic acids is 1. The molecule has 0 bridgehead atoms. The zero-order valence-corrected chi connectivity index (χ0v) is 10.3. The van der Waals surface area contributed by atoms with Crippen molar-refractivity contribution in [2.24, 2.45) is 5.73 Å². The Hall–Kier alpha value is -1.96. The number of amides is 1. The predicted molar refractivity (Wildman–Crippen MR) is 62.6 cm³/mol. The van der Waals surface area contributed by atoms with Crippen LogP contribution in [-0.2, 0) is 22.6 Å². The zero-order valence-electron chi connectivity index (χ0n) is 10.3. The van der Waals surface area contributed by atoms with E-state index in [1.807, 2.05) is 13.8 Å². The summed E-state index contributed by atoms with van der Waals surface area (Å²) in [5, 5.41) is 18.9. The molecular formula is C10H17N5O3. The highest BCUT2D eigenvalue weighted by Crippen LogP contribution is 1.98. The SMILES string of the molecule is CC(C)NC(=O)Cn1cc(CC(N)C(=O)O)nn1. The lowest BCUT2D eigenvalue weighted by Crippen LogP contribution is -2.33. The molecule has 8 heteroatoms. The van der Waals surface area contributed by atoms with E-state index in [-0.39, 0.29) is 24.9 Å². The van der Waals surface area contributed by atoms with Gasteiger partial charge in [-0.1, -0.05) is 5.21 Å². The highest BCUT2D eigenvalue weighted by molar-refractivity contribution is 5.75. The van der Waals surface area contributed by atoms with Crippen LogP contribution in [0.25, 0.3) is 0 Å². The number of aliphatic carboxylic acids is 1. The second kappa shape index (κ2) is 6.10. The number of nitrogens with zero attached hydrogens (tertiary/aromatic N) is 3. The lowest BCUT2D eigenvalue weighted by molar-refractivity contribution is -0.138. The van der Waals surface area contributed by atoms with Crippen LogP contribution < -0.4 is 11.1 Å². The largest absolute Gasteiger partial charge is 0.480 e. The molecule has 0 aliphatic rings. The summed E-state index contributed by atoms with van der Waals surface area (Å²) in [5.74, 6) is -1.27. The van der Waals surface area contributed by atoms with Crippen LogP contribution in [0.3, 0.4) is 0 Å². The van der Waals surface area contributed by atoms with Gasteiger partial charge in [-0.3, -0.25) is 9.59 Å². The van der Waals surface area contributed by atoms with E-state index in [0.29, 0.717) is 5.69 Å². The minimum Gasteiger partial charge on any atom is -0.480 e. The van der Waals surface area contributed by atoms with Gasteiger partial charge in [-0.2, -0.15) is 0 Å². The Morgan fingerprint density at radius 2 is 2.22 bits per heavy atom. The van der Waals surface area contributed by atoms with Gasteiger partial charge >= 0.3 is 5.97 Å². The maximum Gasteiger partial charge on any atom is 0.320 e. The second-order valence-corrected chi connectivity index (χ2v) is 4.28. The first-order valence-corrected chi connectivity index (χ1v) is 5.55. The molecule has 8 nitrogen and oxygen atoms in total. The average Bonchev–Trinajstić information content (AvgIpc) is 2.63. The molecule has 1 amide bonds. The first kappa shape index (κ1) is 14.1. The van der Waals surface area contributed by atoms with Crippen LogP contribution in [0.1, 0.15) is 19.5 Å². The minimum absolute atomic E-state index is 0.0491. The third-order valence-electron chi connectivity index (χ3n) is 2.09. The molecule has 1 aromatic rings. The molecular weight excluding hydrogens is 238 g/mol. The third kappa shape index (κ3) is 4.50. The van der Waals surface area contributed by atoms with Crippen LogP contribution in [0.2, 0.25) is 0 Å². The Labute approximate surface area is 104 Å². The van der Waals surface area contributed by atoms with Gasteiger partial charge in [0, 0.05) is 18.7 Å². The van der Waals surface area contributed by atoms with Gasteiger partial charge in [0.1, 0.15) is 12.6 Å². The molecule has 1 heterocycles. The van der Waals surface area contributed by atoms with Crippen molar-refractivity contribution >= 4 is 11.9 Å². The molecule has 100 valence electrons. The van der Waals surface area contributed by atoms with Crippen molar-refractivity contribution in [2.45, 2.75) is 38.9 Å². The molecule has 1 rings (SSSR count). The Bertz CT molecular complexity index is 429. The molecule has 4 N–H and O–H groups in total. The number of carboxylic acid groups (broad SMARTS) is 1. The second-order valence-electron chi connectivity index (χ2n) is 4.28. The molecule has 1 aromatic heterocycles. The van der Waals surface area contributed by atoms with Crippen molar-refractivity contribution in [3.8, 4) is 0 Å². The molecule has 0 saturated heterocycles. The van der Waals surface area contributed by atoms with Gasteiger partial charge in [0.25, 0.3) is 0 Å². The summed E-state index contributed by atoms with van der Waals surface area (Å²) in [6.07, 6.45) is 1.60. The van der Waals surface area contributed by atoms with Crippen LogP contribution in [0, 0.1) is 0 Å². The summed E-state index contributed by atoms with van der Waals surface area (Å²) in [6.45, 7) is 3.76. The summed E-state index contributed by atoms with van der Waals surface area (Å²) in [4.78, 5) is 22.0. The van der Waals surface area contributed by atoms with Gasteiger partial charge in [0.15, 0.2) is 0 Å². The van der Waals surface area contributed by atoms with E-state index in [0.717, 1.165) is 0 Å². The van der Waals surface area contributed by atoms with E-state index >= 15 is 0 Å². The Balaban J connectivity index is 2.53. The minimum atomic E-state index is -1.10. The highest BCUT2D eigenvalue weighted by atomic mass is 16.4. The fourth-order valence-corrected chi connectivity index (χ4v) is 1.34. The number of rotatable bonds is 6. The van der Waals surface area contributed by atoms with Crippen LogP contribution in [0.15, 0.2) is 6.20 Å². The highest BCUT2D eigenvalue weighted by Gasteiger charge is 2.15. The standard InChI is InChI=1S/C10H17N5O3/c1-6(2)12-9(16)5-15-4-7(13-14-15)3-8(11)10(17)18/h4,6,8H,3,5,11H2,1-2H3,(H,12,16)(H,17,18). The maximum atomic E-state index is 11.4. The van der Waals surface area contributed by atoms with Crippen molar-refractivity contribution in [3.05, 3.63) is 11.9 Å². The summed E-state index contributed by atoms with van der Waals surface area (Å²) in [7, 11) is 0. The topological polar surface area (TPSA) is 123 Å². The van der Waals surface area contributed by atoms with Gasteiger partial charge in [0.05, 0.1) is 5.69 Å². The molecule has 0 aliphatic heterocycles. The molecule has 0 fully saturated rings. The first-order chi connectivity index (χ1) is 8.38. The number of carbonyl (C=O) groups is 2. The fourth-order valence-electron chi connectivity index (χ4n) is 1.34. The number of aromatic nitrogens is 3. The summed E-state index contributed by atoms with van der Waals surface area (Å²) in [6, 6.07) is -0.958. The summed E-state index contributed by atoms with van der Waals surface area (Å²) < 4.78 is 1.35. The van der Waals surface area contributed by atoms with Crippen molar-refractivity contribution in [1.29, 1.82) is 0 Å². The van der Waals surface area contributed by atoms with Gasteiger partial charge in [-0.25, -0.2) is 4.68 Å². The van der Waals surface area contributed by atoms with Crippen molar-refractivity contribution in [2.75, 3.05) is 0 Å². The van der Waals surface area contributed by atoms with Crippen molar-refractivity contribution in [1.82, 2.24) is 20.3 Å². The molecule has 0 radical (unpaired) electrons. The average molecular weight is 255 g/mol. The van der Waals surface area contributed by atoms with Gasteiger partial charge in [0.2, 0.25) is 5.91 Å². The number of nitrogens with two attached hydrogens (primary N) is 1.